The zero-order chi connectivity index (χ0) is 22.4. The normalized spacial score (nSPS) is 16.7. The van der Waals surface area contributed by atoms with E-state index in [9.17, 15) is 5.11 Å². The second-order valence-electron chi connectivity index (χ2n) is 8.23. The van der Waals surface area contributed by atoms with Crippen LogP contribution in [0.5, 0.6) is 5.75 Å². The summed E-state index contributed by atoms with van der Waals surface area (Å²) in [5.74, 6) is 0.840. The molecule has 0 unspecified atom stereocenters. The van der Waals surface area contributed by atoms with E-state index in [1.165, 1.54) is 0 Å². The number of hydrogen-bond acceptors (Lipinski definition) is 4. The van der Waals surface area contributed by atoms with Crippen LogP contribution in [0.25, 0.3) is 5.57 Å². The summed E-state index contributed by atoms with van der Waals surface area (Å²) in [5, 5.41) is 11.8. The van der Waals surface area contributed by atoms with Crippen LogP contribution in [-0.2, 0) is 5.60 Å². The minimum atomic E-state index is -0.841. The Balaban J connectivity index is 1.44. The maximum atomic E-state index is 11.2. The van der Waals surface area contributed by atoms with E-state index in [2.05, 4.69) is 34.2 Å². The Morgan fingerprint density at radius 1 is 1.09 bits per heavy atom. The summed E-state index contributed by atoms with van der Waals surface area (Å²) in [5.41, 5.74) is 3.36. The summed E-state index contributed by atoms with van der Waals surface area (Å²) in [6.45, 7) is 2.63. The second-order valence-corrected chi connectivity index (χ2v) is 8.64. The summed E-state index contributed by atoms with van der Waals surface area (Å²) in [7, 11) is 1.69. The highest BCUT2D eigenvalue weighted by Gasteiger charge is 2.35. The Morgan fingerprint density at radius 2 is 1.88 bits per heavy atom. The van der Waals surface area contributed by atoms with Crippen molar-refractivity contribution < 1.29 is 9.84 Å². The molecule has 1 aliphatic heterocycles. The van der Waals surface area contributed by atoms with Crippen LogP contribution in [0.1, 0.15) is 36.0 Å². The molecule has 4 rings (SSSR count). The topological polar surface area (TPSA) is 45.6 Å². The largest absolute Gasteiger partial charge is 0.497 e. The second kappa shape index (κ2) is 10.3. The first-order valence-electron chi connectivity index (χ1n) is 11.0. The van der Waals surface area contributed by atoms with Crippen molar-refractivity contribution in [3.63, 3.8) is 0 Å². The molecule has 2 aromatic carbocycles. The molecule has 0 aliphatic carbocycles. The lowest BCUT2D eigenvalue weighted by molar-refractivity contribution is -0.0253. The molecule has 1 aliphatic rings. The van der Waals surface area contributed by atoms with Crippen molar-refractivity contribution in [2.75, 3.05) is 26.7 Å². The molecule has 166 valence electrons. The van der Waals surface area contributed by atoms with E-state index in [4.69, 9.17) is 16.3 Å². The number of rotatable bonds is 7. The molecule has 32 heavy (non-hydrogen) atoms. The molecule has 2 heterocycles. The van der Waals surface area contributed by atoms with Gasteiger partial charge in [0.1, 0.15) is 5.75 Å². The molecule has 1 N–H and O–H groups in total. The van der Waals surface area contributed by atoms with Gasteiger partial charge in [0.15, 0.2) is 0 Å². The van der Waals surface area contributed by atoms with Gasteiger partial charge in [-0.3, -0.25) is 4.98 Å². The van der Waals surface area contributed by atoms with Gasteiger partial charge in [-0.05, 0) is 54.7 Å². The molecule has 1 saturated heterocycles. The third-order valence-corrected chi connectivity index (χ3v) is 6.54. The Labute approximate surface area is 195 Å². The number of hydrogen-bond donors (Lipinski definition) is 1. The summed E-state index contributed by atoms with van der Waals surface area (Å²) >= 11 is 6.34. The Morgan fingerprint density at radius 3 is 2.59 bits per heavy atom. The number of likely N-dealkylation sites (tertiary alicyclic amines) is 1. The number of methoxy groups -OCH3 is 1. The lowest BCUT2D eigenvalue weighted by atomic mass is 9.84. The standard InChI is InChI=1S/C27H29ClN2O2/c1-32-23-9-4-7-21(19-23)24(22-8-5-15-29-20-22)10-6-16-30-17-13-27(31,14-18-30)25-11-2-3-12-26(25)28/h2-5,7-12,15,19-20,31H,6,13-14,16-18H2,1H3/b24-10-. The van der Waals surface area contributed by atoms with Crippen molar-refractivity contribution in [2.24, 2.45) is 0 Å². The van der Waals surface area contributed by atoms with Crippen molar-refractivity contribution in [1.29, 1.82) is 0 Å². The van der Waals surface area contributed by atoms with Gasteiger partial charge in [-0.25, -0.2) is 0 Å². The number of benzene rings is 2. The molecular weight excluding hydrogens is 420 g/mol. The van der Waals surface area contributed by atoms with Gasteiger partial charge in [-0.2, -0.15) is 0 Å². The van der Waals surface area contributed by atoms with Crippen LogP contribution in [0.2, 0.25) is 5.02 Å². The van der Waals surface area contributed by atoms with Gasteiger partial charge in [0.2, 0.25) is 0 Å². The molecule has 3 aromatic rings. The summed E-state index contributed by atoms with van der Waals surface area (Å²) in [6, 6.07) is 19.8. The lowest BCUT2D eigenvalue weighted by Crippen LogP contribution is -2.43. The molecule has 4 nitrogen and oxygen atoms in total. The Kier molecular flexibility index (Phi) is 7.26. The smallest absolute Gasteiger partial charge is 0.119 e. The summed E-state index contributed by atoms with van der Waals surface area (Å²) < 4.78 is 5.42. The number of piperidine rings is 1. The van der Waals surface area contributed by atoms with Gasteiger partial charge in [-0.1, -0.05) is 54.1 Å². The minimum absolute atomic E-state index is 0.644. The average Bonchev–Trinajstić information content (AvgIpc) is 2.84. The van der Waals surface area contributed by atoms with E-state index in [1.54, 1.807) is 13.3 Å². The number of pyridine rings is 1. The molecule has 0 radical (unpaired) electrons. The van der Waals surface area contributed by atoms with Crippen LogP contribution in [-0.4, -0.2) is 41.7 Å². The summed E-state index contributed by atoms with van der Waals surface area (Å²) in [4.78, 5) is 6.71. The fraction of sp³-hybridized carbons (Fsp3) is 0.296. The predicted octanol–water partition coefficient (Wildman–Crippen LogP) is 5.55. The highest BCUT2D eigenvalue weighted by atomic mass is 35.5. The number of ether oxygens (including phenoxy) is 1. The van der Waals surface area contributed by atoms with Gasteiger partial charge in [0.05, 0.1) is 12.7 Å². The van der Waals surface area contributed by atoms with Crippen LogP contribution >= 0.6 is 11.6 Å². The van der Waals surface area contributed by atoms with Gasteiger partial charge in [0.25, 0.3) is 0 Å². The van der Waals surface area contributed by atoms with E-state index in [1.807, 2.05) is 48.7 Å². The van der Waals surface area contributed by atoms with Crippen molar-refractivity contribution >= 4 is 17.2 Å². The molecule has 1 fully saturated rings. The first-order chi connectivity index (χ1) is 15.6. The molecule has 0 atom stereocenters. The fourth-order valence-corrected chi connectivity index (χ4v) is 4.67. The van der Waals surface area contributed by atoms with E-state index in [0.717, 1.165) is 54.1 Å². The molecule has 0 saturated carbocycles. The maximum absolute atomic E-state index is 11.2. The number of aromatic nitrogens is 1. The van der Waals surface area contributed by atoms with Crippen molar-refractivity contribution in [3.05, 3.63) is 101 Å². The quantitative estimate of drug-likeness (QED) is 0.514. The highest BCUT2D eigenvalue weighted by Crippen LogP contribution is 2.36. The maximum Gasteiger partial charge on any atom is 0.119 e. The SMILES string of the molecule is COc1cccc(/C(=C/CCN2CCC(O)(c3ccccc3Cl)CC2)c2cccnc2)c1. The molecule has 0 bridgehead atoms. The van der Waals surface area contributed by atoms with Gasteiger partial charge in [0, 0.05) is 48.2 Å². The van der Waals surface area contributed by atoms with E-state index < -0.39 is 5.60 Å². The molecule has 5 heteroatoms. The zero-order valence-electron chi connectivity index (χ0n) is 18.4. The van der Waals surface area contributed by atoms with Crippen molar-refractivity contribution in [3.8, 4) is 5.75 Å². The predicted molar refractivity (Wildman–Crippen MR) is 130 cm³/mol. The van der Waals surface area contributed by atoms with Crippen molar-refractivity contribution in [1.82, 2.24) is 9.88 Å². The summed E-state index contributed by atoms with van der Waals surface area (Å²) in [6.07, 6.45) is 8.25. The van der Waals surface area contributed by atoms with Gasteiger partial charge < -0.3 is 14.7 Å². The Bertz CT molecular complexity index is 1060. The minimum Gasteiger partial charge on any atom is -0.497 e. The molecule has 0 spiro atoms. The number of halogens is 1. The average molecular weight is 449 g/mol. The lowest BCUT2D eigenvalue weighted by Gasteiger charge is -2.38. The third kappa shape index (κ3) is 5.21. The van der Waals surface area contributed by atoms with E-state index in [-0.39, 0.29) is 0 Å². The van der Waals surface area contributed by atoms with Crippen LogP contribution < -0.4 is 4.74 Å². The first-order valence-corrected chi connectivity index (χ1v) is 11.4. The fourth-order valence-electron chi connectivity index (χ4n) is 4.36. The first kappa shape index (κ1) is 22.5. The van der Waals surface area contributed by atoms with E-state index in [0.29, 0.717) is 17.9 Å². The molecular formula is C27H29ClN2O2. The van der Waals surface area contributed by atoms with Crippen LogP contribution in [0.3, 0.4) is 0 Å². The number of nitrogens with zero attached hydrogens (tertiary/aromatic N) is 2. The molecule has 1 aromatic heterocycles. The monoisotopic (exact) mass is 448 g/mol. The van der Waals surface area contributed by atoms with E-state index >= 15 is 0 Å². The van der Waals surface area contributed by atoms with Crippen LogP contribution in [0.15, 0.2) is 79.1 Å². The van der Waals surface area contributed by atoms with Crippen LogP contribution in [0.4, 0.5) is 0 Å². The van der Waals surface area contributed by atoms with Crippen molar-refractivity contribution in [2.45, 2.75) is 24.9 Å². The van der Waals surface area contributed by atoms with Gasteiger partial charge >= 0.3 is 0 Å². The third-order valence-electron chi connectivity index (χ3n) is 6.21. The zero-order valence-corrected chi connectivity index (χ0v) is 19.1. The van der Waals surface area contributed by atoms with Crippen LogP contribution in [0, 0.1) is 0 Å². The molecule has 0 amide bonds. The number of aliphatic hydroxyl groups is 1. The Hall–Kier alpha value is -2.66. The highest BCUT2D eigenvalue weighted by molar-refractivity contribution is 6.31. The van der Waals surface area contributed by atoms with Gasteiger partial charge in [-0.15, -0.1) is 0 Å².